The van der Waals surface area contributed by atoms with Gasteiger partial charge >= 0.3 is 17.1 Å². The predicted octanol–water partition coefficient (Wildman–Crippen LogP) is 0.439. The highest BCUT2D eigenvalue weighted by Gasteiger charge is 2.17. The first-order valence-electron chi connectivity index (χ1n) is 6.64. The van der Waals surface area contributed by atoms with Gasteiger partial charge in [0.25, 0.3) is 0 Å². The van der Waals surface area contributed by atoms with Crippen LogP contribution in [0, 0.1) is 0 Å². The highest BCUT2D eigenvalue weighted by atomic mass is 16.2. The van der Waals surface area contributed by atoms with E-state index < -0.39 is 23.2 Å². The highest BCUT2D eigenvalue weighted by molar-refractivity contribution is 5.80. The van der Waals surface area contributed by atoms with E-state index in [1.54, 1.807) is 43.5 Å². The van der Waals surface area contributed by atoms with Gasteiger partial charge in [0.2, 0.25) is 6.29 Å². The molecule has 7 nitrogen and oxygen atoms in total. The van der Waals surface area contributed by atoms with Crippen LogP contribution < -0.4 is 16.4 Å². The number of benzene rings is 1. The van der Waals surface area contributed by atoms with Gasteiger partial charge in [0.05, 0.1) is 0 Å². The molecule has 0 saturated carbocycles. The van der Waals surface area contributed by atoms with Crippen molar-refractivity contribution in [1.29, 1.82) is 0 Å². The number of carbonyl (C=O) groups excluding carboxylic acids is 2. The molecule has 1 aromatic carbocycles. The van der Waals surface area contributed by atoms with E-state index in [-0.39, 0.29) is 0 Å². The smallest absolute Gasteiger partial charge is 0.323 e. The molecule has 0 aliphatic heterocycles. The number of amides is 1. The van der Waals surface area contributed by atoms with Crippen molar-refractivity contribution in [3.05, 3.63) is 69.0 Å². The van der Waals surface area contributed by atoms with Gasteiger partial charge in [0, 0.05) is 18.9 Å². The van der Waals surface area contributed by atoms with Crippen molar-refractivity contribution in [2.45, 2.75) is 19.5 Å². The Morgan fingerprint density at radius 3 is 2.45 bits per heavy atom. The van der Waals surface area contributed by atoms with E-state index in [1.165, 1.54) is 17.0 Å². The van der Waals surface area contributed by atoms with Crippen molar-refractivity contribution < 1.29 is 9.59 Å². The molecule has 2 aromatic rings. The molecular formula is C15H14N3O4. The number of hydrogen-bond acceptors (Lipinski definition) is 4. The lowest BCUT2D eigenvalue weighted by atomic mass is 10.1. The standard InChI is InChI=1S/C15H14N3O4/c1-2-17-8-9-18(14(21)13(17)20)15(22)16-12(10-19)11-6-4-3-5-7-11/h3-9,12H,2H2,1H3,(H,16,22). The quantitative estimate of drug-likeness (QED) is 0.830. The molecule has 2 rings (SSSR count). The fourth-order valence-electron chi connectivity index (χ4n) is 1.94. The maximum atomic E-state index is 12.1. The van der Waals surface area contributed by atoms with Gasteiger partial charge in [-0.25, -0.2) is 9.36 Å². The molecule has 113 valence electrons. The number of aromatic nitrogens is 2. The van der Waals surface area contributed by atoms with Crippen LogP contribution in [0.15, 0.2) is 52.3 Å². The topological polar surface area (TPSA) is 90.2 Å². The second kappa shape index (κ2) is 6.66. The van der Waals surface area contributed by atoms with Crippen molar-refractivity contribution in [3.8, 4) is 0 Å². The Kier molecular flexibility index (Phi) is 4.67. The van der Waals surface area contributed by atoms with Gasteiger partial charge in [0.1, 0.15) is 6.04 Å². The first-order chi connectivity index (χ1) is 10.6. The zero-order valence-corrected chi connectivity index (χ0v) is 11.9. The van der Waals surface area contributed by atoms with E-state index >= 15 is 0 Å². The monoisotopic (exact) mass is 300 g/mol. The summed E-state index contributed by atoms with van der Waals surface area (Å²) in [4.78, 5) is 46.7. The van der Waals surface area contributed by atoms with Crippen LogP contribution in [0.2, 0.25) is 0 Å². The van der Waals surface area contributed by atoms with Crippen LogP contribution in [0.1, 0.15) is 18.5 Å². The van der Waals surface area contributed by atoms with Gasteiger partial charge in [-0.3, -0.25) is 14.4 Å². The Bertz CT molecular complexity index is 792. The summed E-state index contributed by atoms with van der Waals surface area (Å²) < 4.78 is 1.83. The average molecular weight is 300 g/mol. The van der Waals surface area contributed by atoms with E-state index in [0.29, 0.717) is 16.7 Å². The number of rotatable bonds is 4. The summed E-state index contributed by atoms with van der Waals surface area (Å²) >= 11 is 0. The molecule has 1 heterocycles. The SMILES string of the molecule is CCn1ccn(C(=O)NC([C]=O)c2ccccc2)c(=O)c1=O. The van der Waals surface area contributed by atoms with Gasteiger partial charge in [-0.15, -0.1) is 0 Å². The molecule has 1 atom stereocenters. The van der Waals surface area contributed by atoms with E-state index in [9.17, 15) is 19.2 Å². The van der Waals surface area contributed by atoms with Crippen LogP contribution in [-0.2, 0) is 11.3 Å². The number of nitrogens with zero attached hydrogens (tertiary/aromatic N) is 2. The van der Waals surface area contributed by atoms with Crippen LogP contribution >= 0.6 is 0 Å². The molecule has 1 N–H and O–H groups in total. The lowest BCUT2D eigenvalue weighted by Crippen LogP contribution is -2.46. The summed E-state index contributed by atoms with van der Waals surface area (Å²) in [7, 11) is 0. The number of hydrogen-bond donors (Lipinski definition) is 1. The Balaban J connectivity index is 2.29. The second-order valence-corrected chi connectivity index (χ2v) is 4.48. The van der Waals surface area contributed by atoms with Gasteiger partial charge in [-0.05, 0) is 12.5 Å². The van der Waals surface area contributed by atoms with Gasteiger partial charge < -0.3 is 9.88 Å². The summed E-state index contributed by atoms with van der Waals surface area (Å²) in [5.41, 5.74) is -1.24. The molecule has 0 fully saturated rings. The minimum Gasteiger partial charge on any atom is -0.323 e. The normalized spacial score (nSPS) is 11.7. The Morgan fingerprint density at radius 2 is 1.86 bits per heavy atom. The molecule has 1 aromatic heterocycles. The Hall–Kier alpha value is -2.96. The minimum absolute atomic E-state index is 0.325. The van der Waals surface area contributed by atoms with E-state index in [4.69, 9.17) is 0 Å². The Morgan fingerprint density at radius 1 is 1.18 bits per heavy atom. The van der Waals surface area contributed by atoms with Gasteiger partial charge in [-0.2, -0.15) is 0 Å². The average Bonchev–Trinajstić information content (AvgIpc) is 2.55. The third-order valence-electron chi connectivity index (χ3n) is 3.14. The zero-order valence-electron chi connectivity index (χ0n) is 11.9. The summed E-state index contributed by atoms with van der Waals surface area (Å²) in [6.07, 6.45) is 4.22. The molecule has 7 heteroatoms. The fraction of sp³-hybridized carbons (Fsp3) is 0.200. The van der Waals surface area contributed by atoms with E-state index in [2.05, 4.69) is 5.32 Å². The predicted molar refractivity (Wildman–Crippen MR) is 79.4 cm³/mol. The van der Waals surface area contributed by atoms with Crippen LogP contribution in [0.4, 0.5) is 4.79 Å². The zero-order chi connectivity index (χ0) is 16.1. The van der Waals surface area contributed by atoms with Crippen LogP contribution in [0.5, 0.6) is 0 Å². The summed E-state index contributed by atoms with van der Waals surface area (Å²) in [5, 5.41) is 2.36. The lowest BCUT2D eigenvalue weighted by molar-refractivity contribution is 0.239. The van der Waals surface area contributed by atoms with E-state index in [1.807, 2.05) is 0 Å². The molecule has 0 bridgehead atoms. The first-order valence-corrected chi connectivity index (χ1v) is 6.64. The van der Waals surface area contributed by atoms with Crippen LogP contribution in [-0.4, -0.2) is 21.5 Å². The fourth-order valence-corrected chi connectivity index (χ4v) is 1.94. The molecule has 0 aliphatic carbocycles. The molecule has 22 heavy (non-hydrogen) atoms. The first kappa shape index (κ1) is 15.4. The van der Waals surface area contributed by atoms with Gasteiger partial charge in [0.15, 0.2) is 0 Å². The molecule has 0 saturated heterocycles. The van der Waals surface area contributed by atoms with Crippen molar-refractivity contribution in [3.63, 3.8) is 0 Å². The number of nitrogens with one attached hydrogen (secondary N) is 1. The summed E-state index contributed by atoms with van der Waals surface area (Å²) in [6.45, 7) is 2.03. The second-order valence-electron chi connectivity index (χ2n) is 4.48. The van der Waals surface area contributed by atoms with Crippen molar-refractivity contribution in [1.82, 2.24) is 14.5 Å². The molecule has 1 unspecified atom stereocenters. The highest BCUT2D eigenvalue weighted by Crippen LogP contribution is 2.09. The largest absolute Gasteiger partial charge is 0.329 e. The number of aryl methyl sites for hydroxylation is 1. The third-order valence-corrected chi connectivity index (χ3v) is 3.14. The summed E-state index contributed by atoms with van der Waals surface area (Å²) in [5.74, 6) is 0. The summed E-state index contributed by atoms with van der Waals surface area (Å²) in [6, 6.07) is 6.60. The maximum Gasteiger partial charge on any atom is 0.329 e. The molecular weight excluding hydrogens is 286 g/mol. The molecule has 1 radical (unpaired) electrons. The molecule has 0 aliphatic rings. The van der Waals surface area contributed by atoms with Crippen molar-refractivity contribution in [2.75, 3.05) is 0 Å². The van der Waals surface area contributed by atoms with Crippen LogP contribution in [0.25, 0.3) is 0 Å². The molecule has 1 amide bonds. The Labute approximate surface area is 125 Å². The van der Waals surface area contributed by atoms with Gasteiger partial charge in [-0.1, -0.05) is 30.3 Å². The minimum atomic E-state index is -1.02. The third kappa shape index (κ3) is 3.03. The van der Waals surface area contributed by atoms with Crippen LogP contribution in [0.3, 0.4) is 0 Å². The maximum absolute atomic E-state index is 12.1. The van der Waals surface area contributed by atoms with E-state index in [0.717, 1.165) is 0 Å². The number of carbonyl (C=O) groups is 1. The lowest BCUT2D eigenvalue weighted by Gasteiger charge is -2.13. The van der Waals surface area contributed by atoms with Crippen molar-refractivity contribution >= 4 is 12.3 Å². The van der Waals surface area contributed by atoms with Crippen molar-refractivity contribution in [2.24, 2.45) is 0 Å². The molecule has 0 spiro atoms.